The molecule has 6 nitrogen and oxygen atoms in total. The van der Waals surface area contributed by atoms with Crippen LogP contribution in [0.15, 0.2) is 18.2 Å². The standard InChI is InChI=1S/C17H20FN3O3S/c1-11(22)19-9-13-10-21(17(23)24-13)12-2-3-16(15(18)8-12)20-6-4-14(25)5-7-20/h2-3,8,13H,4-7,9-10H2,1H3,(H,19,22)/t13-/m0/s1. The number of ether oxygens (including phenoxy) is 1. The number of piperidine rings is 1. The predicted octanol–water partition coefficient (Wildman–Crippen LogP) is 2.26. The first-order chi connectivity index (χ1) is 11.9. The molecule has 0 aliphatic carbocycles. The molecular weight excluding hydrogens is 345 g/mol. The van der Waals surface area contributed by atoms with E-state index in [-0.39, 0.29) is 24.8 Å². The van der Waals surface area contributed by atoms with E-state index in [1.165, 1.54) is 17.9 Å². The zero-order valence-corrected chi connectivity index (χ0v) is 14.8. The molecule has 0 aromatic heterocycles. The molecular formula is C17H20FN3O3S. The lowest BCUT2D eigenvalue weighted by Gasteiger charge is -2.30. The van der Waals surface area contributed by atoms with Gasteiger partial charge < -0.3 is 15.0 Å². The number of hydrogen-bond acceptors (Lipinski definition) is 5. The highest BCUT2D eigenvalue weighted by atomic mass is 32.1. The average molecular weight is 365 g/mol. The number of benzene rings is 1. The van der Waals surface area contributed by atoms with Gasteiger partial charge in [0.15, 0.2) is 0 Å². The molecule has 2 aliphatic heterocycles. The molecule has 2 saturated heterocycles. The summed E-state index contributed by atoms with van der Waals surface area (Å²) in [5, 5.41) is 2.61. The van der Waals surface area contributed by atoms with Gasteiger partial charge >= 0.3 is 6.09 Å². The highest BCUT2D eigenvalue weighted by molar-refractivity contribution is 7.80. The molecule has 2 amide bonds. The van der Waals surface area contributed by atoms with Gasteiger partial charge in [0.25, 0.3) is 0 Å². The summed E-state index contributed by atoms with van der Waals surface area (Å²) in [6.07, 6.45) is 0.604. The molecule has 1 aromatic carbocycles. The van der Waals surface area contributed by atoms with Crippen LogP contribution in [0.1, 0.15) is 19.8 Å². The van der Waals surface area contributed by atoms with E-state index in [1.54, 1.807) is 12.1 Å². The van der Waals surface area contributed by atoms with Crippen molar-refractivity contribution in [3.63, 3.8) is 0 Å². The molecule has 0 saturated carbocycles. The number of halogens is 1. The molecule has 8 heteroatoms. The van der Waals surface area contributed by atoms with Gasteiger partial charge in [0.1, 0.15) is 11.9 Å². The van der Waals surface area contributed by atoms with Gasteiger partial charge in [-0.15, -0.1) is 0 Å². The molecule has 2 heterocycles. The number of hydrogen-bond donors (Lipinski definition) is 1. The van der Waals surface area contributed by atoms with Crippen LogP contribution < -0.4 is 15.1 Å². The quantitative estimate of drug-likeness (QED) is 0.830. The molecule has 1 atom stereocenters. The predicted molar refractivity (Wildman–Crippen MR) is 96.7 cm³/mol. The second-order valence-corrected chi connectivity index (χ2v) is 6.79. The molecule has 2 fully saturated rings. The van der Waals surface area contributed by atoms with Crippen molar-refractivity contribution in [1.29, 1.82) is 0 Å². The molecule has 1 N–H and O–H groups in total. The molecule has 3 rings (SSSR count). The zero-order valence-electron chi connectivity index (χ0n) is 14.0. The van der Waals surface area contributed by atoms with Crippen molar-refractivity contribution < 1.29 is 18.7 Å². The van der Waals surface area contributed by atoms with Crippen molar-refractivity contribution in [3.05, 3.63) is 24.0 Å². The third-order valence-corrected chi connectivity index (χ3v) is 4.77. The van der Waals surface area contributed by atoms with Gasteiger partial charge in [-0.05, 0) is 35.9 Å². The summed E-state index contributed by atoms with van der Waals surface area (Å²) in [6, 6.07) is 4.76. The fraction of sp³-hybridized carbons (Fsp3) is 0.471. The van der Waals surface area contributed by atoms with E-state index in [0.29, 0.717) is 24.5 Å². The number of anilines is 2. The lowest BCUT2D eigenvalue weighted by atomic mass is 10.1. The summed E-state index contributed by atoms with van der Waals surface area (Å²) in [5.41, 5.74) is 0.970. The van der Waals surface area contributed by atoms with E-state index in [1.807, 2.05) is 4.90 Å². The first kappa shape index (κ1) is 17.6. The number of thiocarbonyl (C=S) groups is 1. The van der Waals surface area contributed by atoms with E-state index in [0.717, 1.165) is 17.7 Å². The number of nitrogens with zero attached hydrogens (tertiary/aromatic N) is 2. The van der Waals surface area contributed by atoms with Crippen LogP contribution in [0.4, 0.5) is 20.6 Å². The molecule has 0 unspecified atom stereocenters. The Morgan fingerprint density at radius 2 is 2.12 bits per heavy atom. The molecule has 0 radical (unpaired) electrons. The van der Waals surface area contributed by atoms with Crippen LogP contribution in [0.3, 0.4) is 0 Å². The van der Waals surface area contributed by atoms with Crippen molar-refractivity contribution in [3.8, 4) is 0 Å². The number of amides is 2. The van der Waals surface area contributed by atoms with E-state index in [2.05, 4.69) is 5.32 Å². The van der Waals surface area contributed by atoms with Crippen LogP contribution in [-0.2, 0) is 9.53 Å². The van der Waals surface area contributed by atoms with E-state index < -0.39 is 12.2 Å². The van der Waals surface area contributed by atoms with Crippen LogP contribution in [-0.4, -0.2) is 49.1 Å². The Morgan fingerprint density at radius 3 is 2.76 bits per heavy atom. The van der Waals surface area contributed by atoms with Gasteiger partial charge in [-0.25, -0.2) is 9.18 Å². The molecule has 25 heavy (non-hydrogen) atoms. The van der Waals surface area contributed by atoms with Crippen molar-refractivity contribution >= 4 is 40.5 Å². The van der Waals surface area contributed by atoms with Crippen LogP contribution >= 0.6 is 12.2 Å². The third kappa shape index (κ3) is 4.07. The number of cyclic esters (lactones) is 1. The fourth-order valence-corrected chi connectivity index (χ4v) is 3.20. The van der Waals surface area contributed by atoms with Crippen LogP contribution in [0.2, 0.25) is 0 Å². The Kier molecular flexibility index (Phi) is 5.17. The molecule has 1 aromatic rings. The largest absolute Gasteiger partial charge is 0.442 e. The van der Waals surface area contributed by atoms with Gasteiger partial charge in [0.05, 0.1) is 24.5 Å². The van der Waals surface area contributed by atoms with Crippen molar-refractivity contribution in [2.75, 3.05) is 36.0 Å². The Bertz CT molecular complexity index is 702. The monoisotopic (exact) mass is 365 g/mol. The minimum Gasteiger partial charge on any atom is -0.442 e. The molecule has 0 bridgehead atoms. The highest BCUT2D eigenvalue weighted by Crippen LogP contribution is 2.29. The summed E-state index contributed by atoms with van der Waals surface area (Å²) in [5.74, 6) is -0.561. The first-order valence-corrected chi connectivity index (χ1v) is 8.63. The lowest BCUT2D eigenvalue weighted by Crippen LogP contribution is -2.34. The van der Waals surface area contributed by atoms with Gasteiger partial charge in [-0.1, -0.05) is 12.2 Å². The Labute approximate surface area is 150 Å². The Hall–Kier alpha value is -2.22. The summed E-state index contributed by atoms with van der Waals surface area (Å²) >= 11 is 5.19. The van der Waals surface area contributed by atoms with E-state index in [9.17, 15) is 14.0 Å². The maximum absolute atomic E-state index is 14.6. The zero-order chi connectivity index (χ0) is 18.0. The summed E-state index contributed by atoms with van der Waals surface area (Å²) in [6.45, 7) is 3.33. The second kappa shape index (κ2) is 7.35. The first-order valence-electron chi connectivity index (χ1n) is 8.23. The van der Waals surface area contributed by atoms with Crippen molar-refractivity contribution in [2.24, 2.45) is 0 Å². The molecule has 2 aliphatic rings. The third-order valence-electron chi connectivity index (χ3n) is 4.36. The number of nitrogens with one attached hydrogen (secondary N) is 1. The maximum Gasteiger partial charge on any atom is 0.414 e. The van der Waals surface area contributed by atoms with Crippen molar-refractivity contribution in [2.45, 2.75) is 25.9 Å². The Morgan fingerprint density at radius 1 is 1.40 bits per heavy atom. The van der Waals surface area contributed by atoms with Gasteiger partial charge in [0.2, 0.25) is 5.91 Å². The maximum atomic E-state index is 14.6. The highest BCUT2D eigenvalue weighted by Gasteiger charge is 2.33. The van der Waals surface area contributed by atoms with Crippen LogP contribution in [0.25, 0.3) is 0 Å². The number of rotatable bonds is 4. The van der Waals surface area contributed by atoms with Crippen molar-refractivity contribution in [1.82, 2.24) is 5.32 Å². The van der Waals surface area contributed by atoms with Crippen LogP contribution in [0, 0.1) is 5.82 Å². The lowest BCUT2D eigenvalue weighted by molar-refractivity contribution is -0.119. The van der Waals surface area contributed by atoms with Gasteiger partial charge in [-0.3, -0.25) is 9.69 Å². The molecule has 134 valence electrons. The average Bonchev–Trinajstić information content (AvgIpc) is 2.95. The molecule has 0 spiro atoms. The van der Waals surface area contributed by atoms with Gasteiger partial charge in [-0.2, -0.15) is 0 Å². The SMILES string of the molecule is CC(=O)NC[C@H]1CN(c2ccc(N3CCC(=S)CC3)c(F)c2)C(=O)O1. The summed E-state index contributed by atoms with van der Waals surface area (Å²) in [7, 11) is 0. The van der Waals surface area contributed by atoms with E-state index >= 15 is 0 Å². The smallest absolute Gasteiger partial charge is 0.414 e. The number of carbonyl (C=O) groups excluding carboxylic acids is 2. The minimum atomic E-state index is -0.536. The Balaban J connectivity index is 1.69. The summed E-state index contributed by atoms with van der Waals surface area (Å²) < 4.78 is 19.8. The van der Waals surface area contributed by atoms with Crippen LogP contribution in [0.5, 0.6) is 0 Å². The second-order valence-electron chi connectivity index (χ2n) is 6.21. The van der Waals surface area contributed by atoms with Gasteiger partial charge in [0, 0.05) is 20.0 Å². The number of carbonyl (C=O) groups is 2. The fourth-order valence-electron chi connectivity index (χ4n) is 3.01. The summed E-state index contributed by atoms with van der Waals surface area (Å²) in [4.78, 5) is 27.3. The normalized spacial score (nSPS) is 20.6. The minimum absolute atomic E-state index is 0.189. The topological polar surface area (TPSA) is 61.9 Å². The van der Waals surface area contributed by atoms with E-state index in [4.69, 9.17) is 17.0 Å².